The standard InChI is InChI=1S/C38H52O16/c1-13-7-21(52-34(46)17(13)12-48-35-29(45)28(44)27(43)23(11-39)53-35)14(2)26-20(42)8-18-25-19(9-24(36(18,26)5)49-15(3)40)37(6)32(50-16(4)41)30-22(51-30)10-38(37,47)33-31(25)54-33/h14,18-19,21-33,35,39,43-45,47H,7-12H2,1-6H3/t14-,18+,19+,21-,22+,23-,24+,25-,26+,27-,28+,29-,30+,31+,32+,33+,35-,36-,37+,38+/m1/s1. The van der Waals surface area contributed by atoms with E-state index in [1.807, 2.05) is 20.8 Å². The van der Waals surface area contributed by atoms with Crippen molar-refractivity contribution in [2.24, 2.45) is 40.4 Å². The highest BCUT2D eigenvalue weighted by atomic mass is 16.7. The molecule has 4 heterocycles. The van der Waals surface area contributed by atoms with Crippen molar-refractivity contribution in [3.05, 3.63) is 11.1 Å². The smallest absolute Gasteiger partial charge is 0.336 e. The average Bonchev–Trinajstić information content (AvgIpc) is 4.02. The zero-order valence-corrected chi connectivity index (χ0v) is 31.3. The van der Waals surface area contributed by atoms with Crippen LogP contribution in [0.5, 0.6) is 0 Å². The van der Waals surface area contributed by atoms with Crippen LogP contribution in [-0.2, 0) is 52.3 Å². The molecule has 0 aromatic rings. The van der Waals surface area contributed by atoms with E-state index < -0.39 is 108 Å². The van der Waals surface area contributed by atoms with Gasteiger partial charge in [0.15, 0.2) is 6.29 Å². The third-order valence-electron chi connectivity index (χ3n) is 14.9. The maximum atomic E-state index is 14.4. The molecule has 0 aromatic heterocycles. The number of ether oxygens (including phenoxy) is 7. The molecule has 16 nitrogen and oxygen atoms in total. The number of carbonyl (C=O) groups excluding carboxylic acids is 4. The minimum Gasteiger partial charge on any atom is -0.462 e. The number of aliphatic hydroxyl groups excluding tert-OH is 4. The molecule has 8 rings (SSSR count). The summed E-state index contributed by atoms with van der Waals surface area (Å²) in [6, 6.07) is 0. The number of rotatable bonds is 8. The molecular weight excluding hydrogens is 712 g/mol. The van der Waals surface area contributed by atoms with Crippen LogP contribution in [0.2, 0.25) is 0 Å². The van der Waals surface area contributed by atoms with Gasteiger partial charge in [0.25, 0.3) is 0 Å². The van der Waals surface area contributed by atoms with Gasteiger partial charge in [0.05, 0.1) is 31.0 Å². The Bertz CT molecular complexity index is 1630. The molecule has 0 amide bonds. The van der Waals surface area contributed by atoms with Gasteiger partial charge in [-0.2, -0.15) is 0 Å². The Hall–Kier alpha value is -2.54. The number of hydrogen-bond donors (Lipinski definition) is 5. The summed E-state index contributed by atoms with van der Waals surface area (Å²) in [4.78, 5) is 53.2. The molecule has 0 unspecified atom stereocenters. The number of ketones is 1. The van der Waals surface area contributed by atoms with Crippen LogP contribution in [0.3, 0.4) is 0 Å². The highest BCUT2D eigenvalue weighted by molar-refractivity contribution is 5.91. The molecule has 4 saturated carbocycles. The predicted molar refractivity (Wildman–Crippen MR) is 178 cm³/mol. The van der Waals surface area contributed by atoms with E-state index in [9.17, 15) is 44.7 Å². The van der Waals surface area contributed by atoms with Gasteiger partial charge in [-0.05, 0) is 31.1 Å². The van der Waals surface area contributed by atoms with E-state index >= 15 is 0 Å². The molecule has 4 aliphatic carbocycles. The van der Waals surface area contributed by atoms with E-state index in [1.54, 1.807) is 6.92 Å². The van der Waals surface area contributed by atoms with Crippen LogP contribution < -0.4 is 0 Å². The molecule has 300 valence electrons. The van der Waals surface area contributed by atoms with Crippen LogP contribution in [0.15, 0.2) is 11.1 Å². The van der Waals surface area contributed by atoms with Gasteiger partial charge < -0.3 is 58.7 Å². The molecule has 0 bridgehead atoms. The zero-order chi connectivity index (χ0) is 39.0. The van der Waals surface area contributed by atoms with Crippen molar-refractivity contribution in [2.45, 2.75) is 146 Å². The van der Waals surface area contributed by atoms with E-state index in [0.717, 1.165) is 0 Å². The van der Waals surface area contributed by atoms with Gasteiger partial charge in [-0.1, -0.05) is 26.3 Å². The lowest BCUT2D eigenvalue weighted by molar-refractivity contribution is -0.299. The largest absolute Gasteiger partial charge is 0.462 e. The quantitative estimate of drug-likeness (QED) is 0.119. The van der Waals surface area contributed by atoms with Crippen LogP contribution in [-0.4, -0.2) is 141 Å². The third-order valence-corrected chi connectivity index (χ3v) is 14.9. The highest BCUT2D eigenvalue weighted by Crippen LogP contribution is 2.74. The maximum Gasteiger partial charge on any atom is 0.336 e. The summed E-state index contributed by atoms with van der Waals surface area (Å²) in [5, 5.41) is 52.6. The second-order valence-corrected chi connectivity index (χ2v) is 17.5. The number of Topliss-reactive ketones (excluding diaryl/α,β-unsaturated/α-hetero) is 1. The number of carbonyl (C=O) groups is 4. The molecule has 5 N–H and O–H groups in total. The molecule has 20 atom stereocenters. The highest BCUT2D eigenvalue weighted by Gasteiger charge is 2.84. The number of esters is 3. The molecule has 0 aromatic carbocycles. The van der Waals surface area contributed by atoms with E-state index in [0.29, 0.717) is 12.0 Å². The third kappa shape index (κ3) is 5.41. The number of epoxide rings is 2. The number of aliphatic hydroxyl groups is 5. The SMILES string of the molecule is CC(=O)O[C@H]1C[C@H]2[C@H]([C@@H]3O[C@@H]3[C@@]3(O)C[C@@H]4O[C@@H]4[C@H](OC(C)=O)[C@]23C)[C@@H]2CC(=O)[C@H]([C@H](C)[C@H]3CC(C)=C(CO[C@@H]4O[C@H](CO)[C@@H](O)[C@H](O)[C@H]4O)C(=O)O3)[C@@]12C. The lowest BCUT2D eigenvalue weighted by Crippen LogP contribution is -2.72. The van der Waals surface area contributed by atoms with E-state index in [4.69, 9.17) is 33.2 Å². The van der Waals surface area contributed by atoms with Crippen LogP contribution in [0.25, 0.3) is 0 Å². The minimum absolute atomic E-state index is 0.0452. The van der Waals surface area contributed by atoms with E-state index in [2.05, 4.69) is 0 Å². The number of cyclic esters (lactones) is 1. The Balaban J connectivity index is 1.06. The molecule has 54 heavy (non-hydrogen) atoms. The van der Waals surface area contributed by atoms with Crippen LogP contribution in [0.1, 0.15) is 67.2 Å². The minimum atomic E-state index is -1.64. The molecule has 3 saturated heterocycles. The van der Waals surface area contributed by atoms with Crippen molar-refractivity contribution < 1.29 is 77.9 Å². The average molecular weight is 765 g/mol. The molecular formula is C38H52O16. The van der Waals surface area contributed by atoms with Crippen molar-refractivity contribution in [1.82, 2.24) is 0 Å². The fourth-order valence-corrected chi connectivity index (χ4v) is 12.1. The summed E-state index contributed by atoms with van der Waals surface area (Å²) < 4.78 is 41.5. The van der Waals surface area contributed by atoms with Gasteiger partial charge in [-0.15, -0.1) is 0 Å². The molecule has 0 spiro atoms. The van der Waals surface area contributed by atoms with Gasteiger partial charge in [0.2, 0.25) is 0 Å². The zero-order valence-electron chi connectivity index (χ0n) is 31.3. The van der Waals surface area contributed by atoms with Crippen molar-refractivity contribution in [3.8, 4) is 0 Å². The van der Waals surface area contributed by atoms with Gasteiger partial charge >= 0.3 is 17.9 Å². The lowest BCUT2D eigenvalue weighted by atomic mass is 9.41. The molecule has 7 fully saturated rings. The van der Waals surface area contributed by atoms with Crippen LogP contribution >= 0.6 is 0 Å². The molecule has 16 heteroatoms. The summed E-state index contributed by atoms with van der Waals surface area (Å²) in [7, 11) is 0. The first-order valence-electron chi connectivity index (χ1n) is 19.1. The Morgan fingerprint density at radius 2 is 1.65 bits per heavy atom. The monoisotopic (exact) mass is 764 g/mol. The van der Waals surface area contributed by atoms with Gasteiger partial charge in [0.1, 0.15) is 66.3 Å². The van der Waals surface area contributed by atoms with Gasteiger partial charge in [-0.3, -0.25) is 14.4 Å². The van der Waals surface area contributed by atoms with E-state index in [-0.39, 0.29) is 73.3 Å². The molecule has 8 aliphatic rings. The summed E-state index contributed by atoms with van der Waals surface area (Å²) in [5.74, 6) is -3.83. The van der Waals surface area contributed by atoms with Crippen LogP contribution in [0, 0.1) is 40.4 Å². The van der Waals surface area contributed by atoms with Crippen molar-refractivity contribution in [3.63, 3.8) is 0 Å². The Labute approximate surface area is 312 Å². The summed E-state index contributed by atoms with van der Waals surface area (Å²) in [6.45, 7) is 9.20. The summed E-state index contributed by atoms with van der Waals surface area (Å²) in [5.41, 5.74) is -2.49. The first kappa shape index (κ1) is 38.3. The first-order chi connectivity index (χ1) is 25.4. The Morgan fingerprint density at radius 1 is 0.944 bits per heavy atom. The summed E-state index contributed by atoms with van der Waals surface area (Å²) >= 11 is 0. The lowest BCUT2D eigenvalue weighted by Gasteiger charge is -2.63. The van der Waals surface area contributed by atoms with Crippen molar-refractivity contribution >= 4 is 23.7 Å². The first-order valence-corrected chi connectivity index (χ1v) is 19.1. The molecule has 0 radical (unpaired) electrons. The van der Waals surface area contributed by atoms with Crippen LogP contribution in [0.4, 0.5) is 0 Å². The normalized spacial score (nSPS) is 52.1. The number of hydrogen-bond acceptors (Lipinski definition) is 16. The van der Waals surface area contributed by atoms with E-state index in [1.165, 1.54) is 13.8 Å². The second-order valence-electron chi connectivity index (χ2n) is 17.5. The predicted octanol–water partition coefficient (Wildman–Crippen LogP) is -0.528. The van der Waals surface area contributed by atoms with Gasteiger partial charge in [0, 0.05) is 55.8 Å². The topological polar surface area (TPSA) is 241 Å². The fraction of sp³-hybridized carbons (Fsp3) is 0.842. The summed E-state index contributed by atoms with van der Waals surface area (Å²) in [6.07, 6.45) is -10.2. The Kier molecular flexibility index (Phi) is 9.23. The number of fused-ring (bicyclic) bond motifs is 9. The molecule has 4 aliphatic heterocycles. The fourth-order valence-electron chi connectivity index (χ4n) is 12.1. The maximum absolute atomic E-state index is 14.4. The second kappa shape index (κ2) is 13.0. The van der Waals surface area contributed by atoms with Gasteiger partial charge in [-0.25, -0.2) is 4.79 Å². The Morgan fingerprint density at radius 3 is 2.30 bits per heavy atom. The van der Waals surface area contributed by atoms with Crippen molar-refractivity contribution in [1.29, 1.82) is 0 Å². The van der Waals surface area contributed by atoms with Crippen molar-refractivity contribution in [2.75, 3.05) is 13.2 Å².